The van der Waals surface area contributed by atoms with Crippen molar-refractivity contribution in [2.24, 2.45) is 0 Å². The zero-order valence-corrected chi connectivity index (χ0v) is 26.2. The SMILES string of the molecule is N#CC1(c2ccccc2)CCN(C(=O)N[C@H](Cc2cc(Br)c(O)c(Br)c2)C(=O)N2CCN(c3ccncc3)CC2)CC1. The third-order valence-corrected chi connectivity index (χ3v) is 9.39. The summed E-state index contributed by atoms with van der Waals surface area (Å²) in [5.41, 5.74) is 2.18. The smallest absolute Gasteiger partial charge is 0.318 e. The van der Waals surface area contributed by atoms with Gasteiger partial charge in [0.25, 0.3) is 0 Å². The molecule has 1 aromatic heterocycles. The second-order valence-electron chi connectivity index (χ2n) is 10.7. The Morgan fingerprint density at radius 3 is 2.17 bits per heavy atom. The van der Waals surface area contributed by atoms with Crippen molar-refractivity contribution in [3.05, 3.63) is 87.1 Å². The second-order valence-corrected chi connectivity index (χ2v) is 12.4. The van der Waals surface area contributed by atoms with Crippen molar-refractivity contribution in [3.63, 3.8) is 0 Å². The van der Waals surface area contributed by atoms with Crippen molar-refractivity contribution in [3.8, 4) is 11.8 Å². The normalized spacial score (nSPS) is 17.3. The van der Waals surface area contributed by atoms with Crippen molar-refractivity contribution >= 4 is 49.5 Å². The number of pyridine rings is 1. The minimum absolute atomic E-state index is 0.0746. The van der Waals surface area contributed by atoms with Gasteiger partial charge < -0.3 is 25.1 Å². The number of hydrogen-bond acceptors (Lipinski definition) is 6. The number of urea groups is 1. The van der Waals surface area contributed by atoms with Gasteiger partial charge in [0.2, 0.25) is 5.91 Å². The van der Waals surface area contributed by atoms with Crippen LogP contribution in [0, 0.1) is 11.3 Å². The fourth-order valence-electron chi connectivity index (χ4n) is 5.69. The molecule has 218 valence electrons. The van der Waals surface area contributed by atoms with Crippen molar-refractivity contribution < 1.29 is 14.7 Å². The second kappa shape index (κ2) is 13.1. The summed E-state index contributed by atoms with van der Waals surface area (Å²) in [4.78, 5) is 37.2. The number of aromatic hydroxyl groups is 1. The number of carbonyl (C=O) groups excluding carboxylic acids is 2. The first-order valence-corrected chi connectivity index (χ1v) is 15.5. The van der Waals surface area contributed by atoms with Crippen LogP contribution in [0.15, 0.2) is 75.9 Å². The number of phenols is 1. The van der Waals surface area contributed by atoms with Gasteiger partial charge in [-0.15, -0.1) is 0 Å². The maximum absolute atomic E-state index is 13.9. The van der Waals surface area contributed by atoms with E-state index >= 15 is 0 Å². The molecule has 2 N–H and O–H groups in total. The van der Waals surface area contributed by atoms with Gasteiger partial charge in [0, 0.05) is 63.8 Å². The Bertz CT molecular complexity index is 1430. The van der Waals surface area contributed by atoms with Crippen molar-refractivity contribution in [1.82, 2.24) is 20.1 Å². The largest absolute Gasteiger partial charge is 0.506 e. The standard InChI is InChI=1S/C31H32Br2N6O3/c32-25-18-22(19-26(33)28(25)40)20-27(29(41)38-16-14-37(15-17-38)24-6-10-35-11-7-24)36-30(42)39-12-8-31(21-34,9-13-39)23-4-2-1-3-5-23/h1-7,10-11,18-19,27,40H,8-9,12-17,20H2,(H,36,42)/t27-/m1/s1. The number of aromatic nitrogens is 1. The van der Waals surface area contributed by atoms with Gasteiger partial charge in [-0.25, -0.2) is 4.79 Å². The van der Waals surface area contributed by atoms with Crippen LogP contribution in [-0.2, 0) is 16.6 Å². The van der Waals surface area contributed by atoms with Crippen LogP contribution in [0.5, 0.6) is 5.75 Å². The number of nitrogens with one attached hydrogen (secondary N) is 1. The number of piperazine rings is 1. The van der Waals surface area contributed by atoms with E-state index in [1.807, 2.05) is 42.5 Å². The van der Waals surface area contributed by atoms with Gasteiger partial charge in [-0.2, -0.15) is 5.26 Å². The summed E-state index contributed by atoms with van der Waals surface area (Å²) in [6.45, 7) is 3.24. The van der Waals surface area contributed by atoms with Crippen LogP contribution in [0.25, 0.3) is 0 Å². The number of anilines is 1. The molecule has 2 aromatic carbocycles. The summed E-state index contributed by atoms with van der Waals surface area (Å²) in [6, 6.07) is 18.5. The lowest BCUT2D eigenvalue weighted by atomic mass is 9.74. The third-order valence-electron chi connectivity index (χ3n) is 8.18. The highest BCUT2D eigenvalue weighted by Gasteiger charge is 2.38. The molecule has 5 rings (SSSR count). The summed E-state index contributed by atoms with van der Waals surface area (Å²) in [5, 5.41) is 23.2. The fraction of sp³-hybridized carbons (Fsp3) is 0.355. The zero-order valence-electron chi connectivity index (χ0n) is 23.0. The number of benzene rings is 2. The first-order valence-electron chi connectivity index (χ1n) is 13.9. The van der Waals surface area contributed by atoms with Crippen molar-refractivity contribution in [2.75, 3.05) is 44.2 Å². The molecule has 9 nitrogen and oxygen atoms in total. The molecule has 0 unspecified atom stereocenters. The van der Waals surface area contributed by atoms with E-state index in [9.17, 15) is 20.0 Å². The lowest BCUT2D eigenvalue weighted by molar-refractivity contribution is -0.133. The summed E-state index contributed by atoms with van der Waals surface area (Å²) in [7, 11) is 0. The highest BCUT2D eigenvalue weighted by molar-refractivity contribution is 9.11. The Morgan fingerprint density at radius 2 is 1.57 bits per heavy atom. The Kier molecular flexibility index (Phi) is 9.34. The molecule has 11 heteroatoms. The van der Waals surface area contributed by atoms with Crippen molar-refractivity contribution in [1.29, 1.82) is 5.26 Å². The number of rotatable bonds is 6. The molecule has 3 amide bonds. The van der Waals surface area contributed by atoms with E-state index in [1.165, 1.54) is 0 Å². The van der Waals surface area contributed by atoms with Crippen LogP contribution in [0.1, 0.15) is 24.0 Å². The van der Waals surface area contributed by atoms with Crippen LogP contribution < -0.4 is 10.2 Å². The quantitative estimate of drug-likeness (QED) is 0.382. The molecule has 0 aliphatic carbocycles. The van der Waals surface area contributed by atoms with Crippen molar-refractivity contribution in [2.45, 2.75) is 30.7 Å². The summed E-state index contributed by atoms with van der Waals surface area (Å²) in [5.74, 6) is -0.0729. The molecule has 0 bridgehead atoms. The molecule has 2 saturated heterocycles. The van der Waals surface area contributed by atoms with E-state index in [0.29, 0.717) is 61.1 Å². The Balaban J connectivity index is 1.29. The van der Waals surface area contributed by atoms with E-state index in [0.717, 1.165) is 16.8 Å². The summed E-state index contributed by atoms with van der Waals surface area (Å²) in [6.07, 6.45) is 4.82. The molecule has 2 aliphatic heterocycles. The maximum atomic E-state index is 13.9. The van der Waals surface area contributed by atoms with Gasteiger partial charge >= 0.3 is 6.03 Å². The summed E-state index contributed by atoms with van der Waals surface area (Å²) < 4.78 is 1.00. The fourth-order valence-corrected chi connectivity index (χ4v) is 6.97. The number of nitrogens with zero attached hydrogens (tertiary/aromatic N) is 5. The number of piperidine rings is 1. The molecule has 1 atom stereocenters. The first-order chi connectivity index (χ1) is 20.3. The van der Waals surface area contributed by atoms with Gasteiger partial charge in [-0.3, -0.25) is 9.78 Å². The molecular formula is C31H32Br2N6O3. The minimum atomic E-state index is -0.801. The van der Waals surface area contributed by atoms with Gasteiger partial charge in [-0.1, -0.05) is 30.3 Å². The topological polar surface area (TPSA) is 113 Å². The highest BCUT2D eigenvalue weighted by Crippen LogP contribution is 2.35. The van der Waals surface area contributed by atoms with E-state index in [2.05, 4.69) is 53.1 Å². The van der Waals surface area contributed by atoms with Crippen LogP contribution in [0.2, 0.25) is 0 Å². The Hall–Kier alpha value is -3.62. The molecule has 2 aliphatic rings. The predicted octanol–water partition coefficient (Wildman–Crippen LogP) is 4.84. The molecule has 0 spiro atoms. The highest BCUT2D eigenvalue weighted by atomic mass is 79.9. The van der Waals surface area contributed by atoms with E-state index in [4.69, 9.17) is 0 Å². The Morgan fingerprint density at radius 1 is 0.952 bits per heavy atom. The number of amides is 3. The van der Waals surface area contributed by atoms with Crippen LogP contribution in [0.4, 0.5) is 10.5 Å². The van der Waals surface area contributed by atoms with Gasteiger partial charge in [0.15, 0.2) is 0 Å². The van der Waals surface area contributed by atoms with Crippen LogP contribution in [-0.4, -0.2) is 77.1 Å². The van der Waals surface area contributed by atoms with E-state index < -0.39 is 11.5 Å². The van der Waals surface area contributed by atoms with E-state index in [1.54, 1.807) is 34.3 Å². The number of halogens is 2. The molecule has 0 radical (unpaired) electrons. The number of phenolic OH excluding ortho intramolecular Hbond substituents is 1. The Labute approximate surface area is 262 Å². The molecular weight excluding hydrogens is 664 g/mol. The maximum Gasteiger partial charge on any atom is 0.318 e. The van der Waals surface area contributed by atoms with Gasteiger partial charge in [0.05, 0.1) is 20.4 Å². The molecule has 3 aromatic rings. The number of nitriles is 1. The van der Waals surface area contributed by atoms with Gasteiger partial charge in [-0.05, 0) is 80.1 Å². The lowest BCUT2D eigenvalue weighted by Gasteiger charge is -2.39. The molecule has 42 heavy (non-hydrogen) atoms. The monoisotopic (exact) mass is 694 g/mol. The average molecular weight is 696 g/mol. The first kappa shape index (κ1) is 29.9. The number of likely N-dealkylation sites (tertiary alicyclic amines) is 1. The van der Waals surface area contributed by atoms with Crippen LogP contribution >= 0.6 is 31.9 Å². The van der Waals surface area contributed by atoms with E-state index in [-0.39, 0.29) is 24.1 Å². The minimum Gasteiger partial charge on any atom is -0.506 e. The summed E-state index contributed by atoms with van der Waals surface area (Å²) >= 11 is 6.74. The molecule has 3 heterocycles. The molecule has 2 fully saturated rings. The number of carbonyl (C=O) groups is 2. The van der Waals surface area contributed by atoms with Crippen LogP contribution in [0.3, 0.4) is 0 Å². The lowest BCUT2D eigenvalue weighted by Crippen LogP contribution is -2.58. The van der Waals surface area contributed by atoms with Gasteiger partial charge in [0.1, 0.15) is 11.8 Å². The zero-order chi connectivity index (χ0) is 29.7. The predicted molar refractivity (Wildman–Crippen MR) is 167 cm³/mol. The average Bonchev–Trinajstić information content (AvgIpc) is 3.04. The number of hydrogen-bond donors (Lipinski definition) is 2. The molecule has 0 saturated carbocycles. The third kappa shape index (κ3) is 6.55.